The molecule has 1 saturated carbocycles. The summed E-state index contributed by atoms with van der Waals surface area (Å²) in [4.78, 5) is 14.4. The molecule has 17 heavy (non-hydrogen) atoms. The van der Waals surface area contributed by atoms with E-state index in [1.165, 1.54) is 0 Å². The van der Waals surface area contributed by atoms with Gasteiger partial charge in [-0.15, -0.1) is 0 Å². The summed E-state index contributed by atoms with van der Waals surface area (Å²) in [6.07, 6.45) is 1.90. The number of carbonyl (C=O) groups is 1. The van der Waals surface area contributed by atoms with E-state index in [1.54, 1.807) is 0 Å². The van der Waals surface area contributed by atoms with Crippen molar-refractivity contribution in [2.45, 2.75) is 19.8 Å². The second-order valence-electron chi connectivity index (χ2n) is 5.40. The molecule has 0 radical (unpaired) electrons. The average Bonchev–Trinajstić information content (AvgIpc) is 2.65. The predicted octanol–water partition coefficient (Wildman–Crippen LogP) is 2.99. The van der Waals surface area contributed by atoms with Crippen molar-refractivity contribution < 1.29 is 9.90 Å². The molecule has 1 aromatic heterocycles. The topological polar surface area (TPSA) is 53.1 Å². The number of aromatic amines is 1. The number of rotatable bonds is 2. The number of fused-ring (bicyclic) bond motifs is 1. The minimum absolute atomic E-state index is 0.113. The van der Waals surface area contributed by atoms with Gasteiger partial charge in [-0.1, -0.05) is 32.0 Å². The van der Waals surface area contributed by atoms with Crippen LogP contribution in [0.15, 0.2) is 30.5 Å². The second-order valence-corrected chi connectivity index (χ2v) is 5.40. The van der Waals surface area contributed by atoms with Crippen molar-refractivity contribution in [1.82, 2.24) is 4.98 Å². The van der Waals surface area contributed by atoms with E-state index in [9.17, 15) is 9.90 Å². The number of nitrogens with one attached hydrogen (secondary N) is 1. The molecule has 0 saturated heterocycles. The van der Waals surface area contributed by atoms with Gasteiger partial charge in [0.05, 0.1) is 5.92 Å². The van der Waals surface area contributed by atoms with Gasteiger partial charge in [0.1, 0.15) is 0 Å². The minimum Gasteiger partial charge on any atom is -0.481 e. The van der Waals surface area contributed by atoms with E-state index >= 15 is 0 Å². The maximum Gasteiger partial charge on any atom is 0.307 e. The maximum atomic E-state index is 11.2. The van der Waals surface area contributed by atoms with Crippen LogP contribution in [-0.4, -0.2) is 16.1 Å². The molecule has 0 bridgehead atoms. The summed E-state index contributed by atoms with van der Waals surface area (Å²) in [5.41, 5.74) is 2.06. The van der Waals surface area contributed by atoms with E-state index < -0.39 is 5.97 Å². The molecular formula is C14H15NO2. The van der Waals surface area contributed by atoms with Crippen LogP contribution in [-0.2, 0) is 4.79 Å². The molecule has 1 fully saturated rings. The highest BCUT2D eigenvalue weighted by Gasteiger charge is 2.63. The Morgan fingerprint density at radius 1 is 1.35 bits per heavy atom. The van der Waals surface area contributed by atoms with Crippen molar-refractivity contribution >= 4 is 16.9 Å². The lowest BCUT2D eigenvalue weighted by atomic mass is 10.0. The highest BCUT2D eigenvalue weighted by atomic mass is 16.4. The predicted molar refractivity (Wildman–Crippen MR) is 65.9 cm³/mol. The molecule has 0 aliphatic heterocycles. The van der Waals surface area contributed by atoms with Gasteiger partial charge in [0.2, 0.25) is 0 Å². The molecule has 2 N–H and O–H groups in total. The Morgan fingerprint density at radius 2 is 2.12 bits per heavy atom. The van der Waals surface area contributed by atoms with Crippen LogP contribution in [0.3, 0.4) is 0 Å². The summed E-state index contributed by atoms with van der Waals surface area (Å²) in [7, 11) is 0. The first-order valence-corrected chi connectivity index (χ1v) is 5.82. The zero-order valence-electron chi connectivity index (χ0n) is 9.90. The SMILES string of the molecule is CC1(C)[C@H](C(=O)O)[C@H]1c1cccc2cc[nH]c12. The summed E-state index contributed by atoms with van der Waals surface area (Å²) in [5, 5.41) is 10.4. The number of H-pyrrole nitrogens is 1. The summed E-state index contributed by atoms with van der Waals surface area (Å²) in [6.45, 7) is 4.05. The summed E-state index contributed by atoms with van der Waals surface area (Å²) in [5.74, 6) is -0.845. The quantitative estimate of drug-likeness (QED) is 0.831. The number of carboxylic acid groups (broad SMARTS) is 1. The molecule has 3 nitrogen and oxygen atoms in total. The fraction of sp³-hybridized carbons (Fsp3) is 0.357. The molecule has 2 aromatic rings. The normalized spacial score (nSPS) is 26.0. The number of para-hydroxylation sites is 1. The van der Waals surface area contributed by atoms with Crippen LogP contribution in [0.5, 0.6) is 0 Å². The van der Waals surface area contributed by atoms with Gasteiger partial charge in [0.25, 0.3) is 0 Å². The van der Waals surface area contributed by atoms with Crippen molar-refractivity contribution in [3.63, 3.8) is 0 Å². The highest BCUT2D eigenvalue weighted by Crippen LogP contribution is 2.65. The van der Waals surface area contributed by atoms with Crippen molar-refractivity contribution in [2.24, 2.45) is 11.3 Å². The molecule has 1 aromatic carbocycles. The van der Waals surface area contributed by atoms with Crippen LogP contribution in [0.4, 0.5) is 0 Å². The maximum absolute atomic E-state index is 11.2. The van der Waals surface area contributed by atoms with E-state index in [2.05, 4.69) is 4.98 Å². The number of hydrogen-bond acceptors (Lipinski definition) is 1. The summed E-state index contributed by atoms with van der Waals surface area (Å²) >= 11 is 0. The zero-order chi connectivity index (χ0) is 12.2. The first-order valence-electron chi connectivity index (χ1n) is 5.82. The molecular weight excluding hydrogens is 214 g/mol. The van der Waals surface area contributed by atoms with E-state index in [-0.39, 0.29) is 17.3 Å². The van der Waals surface area contributed by atoms with Crippen LogP contribution < -0.4 is 0 Å². The van der Waals surface area contributed by atoms with Crippen LogP contribution in [0.2, 0.25) is 0 Å². The van der Waals surface area contributed by atoms with Gasteiger partial charge in [0, 0.05) is 17.6 Å². The van der Waals surface area contributed by atoms with E-state index in [4.69, 9.17) is 0 Å². The van der Waals surface area contributed by atoms with Crippen molar-refractivity contribution in [1.29, 1.82) is 0 Å². The Bertz CT molecular complexity index is 597. The Balaban J connectivity index is 2.12. The van der Waals surface area contributed by atoms with E-state index in [0.717, 1.165) is 16.5 Å². The Kier molecular flexibility index (Phi) is 1.91. The molecule has 1 heterocycles. The van der Waals surface area contributed by atoms with Crippen molar-refractivity contribution in [3.05, 3.63) is 36.0 Å². The first-order chi connectivity index (χ1) is 8.03. The van der Waals surface area contributed by atoms with Gasteiger partial charge < -0.3 is 10.1 Å². The smallest absolute Gasteiger partial charge is 0.307 e. The fourth-order valence-corrected chi connectivity index (χ4v) is 3.05. The first kappa shape index (κ1) is 10.4. The molecule has 0 amide bonds. The van der Waals surface area contributed by atoms with Gasteiger partial charge in [0.15, 0.2) is 0 Å². The number of aliphatic carboxylic acids is 1. The van der Waals surface area contributed by atoms with Gasteiger partial charge in [-0.05, 0) is 22.4 Å². The minimum atomic E-state index is -0.691. The molecule has 2 atom stereocenters. The fourth-order valence-electron chi connectivity index (χ4n) is 3.05. The Labute approximate surface area is 99.5 Å². The van der Waals surface area contributed by atoms with Crippen molar-refractivity contribution in [3.8, 4) is 0 Å². The molecule has 88 valence electrons. The third kappa shape index (κ3) is 1.32. The standard InChI is InChI=1S/C14H15NO2/c1-14(2)10(11(14)13(16)17)9-5-3-4-8-6-7-15-12(8)9/h3-7,10-11,15H,1-2H3,(H,16,17)/t10-,11+/m1/s1. The van der Waals surface area contributed by atoms with Gasteiger partial charge >= 0.3 is 5.97 Å². The summed E-state index contributed by atoms with van der Waals surface area (Å²) < 4.78 is 0. The van der Waals surface area contributed by atoms with E-state index in [1.807, 2.05) is 44.3 Å². The molecule has 0 spiro atoms. The largest absolute Gasteiger partial charge is 0.481 e. The van der Waals surface area contributed by atoms with Crippen LogP contribution in [0.1, 0.15) is 25.3 Å². The van der Waals surface area contributed by atoms with Gasteiger partial charge in [-0.25, -0.2) is 0 Å². The summed E-state index contributed by atoms with van der Waals surface area (Å²) in [6, 6.07) is 8.09. The Morgan fingerprint density at radius 3 is 2.76 bits per heavy atom. The van der Waals surface area contributed by atoms with Crippen molar-refractivity contribution in [2.75, 3.05) is 0 Å². The number of benzene rings is 1. The molecule has 1 aliphatic rings. The molecule has 3 rings (SSSR count). The zero-order valence-corrected chi connectivity index (χ0v) is 9.90. The second kappa shape index (κ2) is 3.13. The van der Waals surface area contributed by atoms with E-state index in [0.29, 0.717) is 0 Å². The molecule has 3 heteroatoms. The third-order valence-corrected chi connectivity index (χ3v) is 4.05. The van der Waals surface area contributed by atoms with Crippen LogP contribution in [0.25, 0.3) is 10.9 Å². The van der Waals surface area contributed by atoms with Gasteiger partial charge in [-0.3, -0.25) is 4.79 Å². The lowest BCUT2D eigenvalue weighted by Crippen LogP contribution is -2.03. The lowest BCUT2D eigenvalue weighted by Gasteiger charge is -2.04. The molecule has 1 aliphatic carbocycles. The monoisotopic (exact) mass is 229 g/mol. The lowest BCUT2D eigenvalue weighted by molar-refractivity contribution is -0.139. The average molecular weight is 229 g/mol. The Hall–Kier alpha value is -1.77. The van der Waals surface area contributed by atoms with Crippen LogP contribution >= 0.6 is 0 Å². The third-order valence-electron chi connectivity index (χ3n) is 4.05. The van der Waals surface area contributed by atoms with Gasteiger partial charge in [-0.2, -0.15) is 0 Å². The number of hydrogen-bond donors (Lipinski definition) is 2. The number of aromatic nitrogens is 1. The van der Waals surface area contributed by atoms with Crippen LogP contribution in [0, 0.1) is 11.3 Å². The highest BCUT2D eigenvalue weighted by molar-refractivity contribution is 5.86. The molecule has 0 unspecified atom stereocenters. The number of carboxylic acids is 1.